The number of carbonyl (C=O) groups excluding carboxylic acids is 4. The van der Waals surface area contributed by atoms with Gasteiger partial charge in [0.1, 0.15) is 22.6 Å². The van der Waals surface area contributed by atoms with Gasteiger partial charge in [-0.25, -0.2) is 14.5 Å². The summed E-state index contributed by atoms with van der Waals surface area (Å²) in [6, 6.07) is 14.2. The number of carbonyl (C=O) groups is 4. The molecule has 10 heteroatoms. The van der Waals surface area contributed by atoms with Gasteiger partial charge in [0, 0.05) is 5.56 Å². The van der Waals surface area contributed by atoms with Crippen LogP contribution in [-0.2, 0) is 16.1 Å². The van der Waals surface area contributed by atoms with Crippen LogP contribution < -0.4 is 10.6 Å². The Hall–Kier alpha value is -4.49. The van der Waals surface area contributed by atoms with E-state index in [1.54, 1.807) is 31.2 Å². The van der Waals surface area contributed by atoms with E-state index in [9.17, 15) is 24.4 Å². The van der Waals surface area contributed by atoms with Gasteiger partial charge in [0.15, 0.2) is 0 Å². The van der Waals surface area contributed by atoms with E-state index >= 15 is 0 Å². The number of nitrogens with two attached hydrogens (primary N) is 1. The highest BCUT2D eigenvalue weighted by atomic mass is 32.1. The topological polar surface area (TPSA) is 140 Å². The molecule has 2 heterocycles. The van der Waals surface area contributed by atoms with Crippen LogP contribution in [-0.4, -0.2) is 30.4 Å². The molecule has 0 saturated carbocycles. The second kappa shape index (κ2) is 9.17. The van der Waals surface area contributed by atoms with E-state index in [0.29, 0.717) is 0 Å². The second-order valence-electron chi connectivity index (χ2n) is 7.10. The predicted molar refractivity (Wildman–Crippen MR) is 123 cm³/mol. The van der Waals surface area contributed by atoms with E-state index in [1.165, 1.54) is 24.3 Å². The molecule has 0 radical (unpaired) electrons. The highest BCUT2D eigenvalue weighted by molar-refractivity contribution is 7.18. The summed E-state index contributed by atoms with van der Waals surface area (Å²) >= 11 is 0.883. The zero-order valence-electron chi connectivity index (χ0n) is 17.9. The Morgan fingerprint density at radius 3 is 2.32 bits per heavy atom. The number of thiophene rings is 1. The number of nitrogen functional groups attached to an aromatic ring is 1. The quantitative estimate of drug-likeness (QED) is 0.422. The van der Waals surface area contributed by atoms with Gasteiger partial charge in [-0.2, -0.15) is 5.26 Å². The van der Waals surface area contributed by atoms with Crippen LogP contribution in [0.4, 0.5) is 10.7 Å². The Bertz CT molecular complexity index is 1350. The first-order chi connectivity index (χ1) is 16.4. The fourth-order valence-corrected chi connectivity index (χ4v) is 4.44. The van der Waals surface area contributed by atoms with Gasteiger partial charge in [-0.3, -0.25) is 9.59 Å². The van der Waals surface area contributed by atoms with Crippen molar-refractivity contribution in [3.8, 4) is 6.07 Å². The molecule has 3 aromatic rings. The normalized spacial score (nSPS) is 12.3. The maximum Gasteiger partial charge on any atom is 0.348 e. The molecule has 1 aliphatic rings. The number of hydrogen-bond donors (Lipinski definition) is 1. The fraction of sp³-hybridized carbons (Fsp3) is 0.125. The third-order valence-electron chi connectivity index (χ3n) is 5.09. The molecule has 0 aliphatic carbocycles. The summed E-state index contributed by atoms with van der Waals surface area (Å²) in [6.07, 6.45) is 0. The molecule has 34 heavy (non-hydrogen) atoms. The van der Waals surface area contributed by atoms with Gasteiger partial charge >= 0.3 is 11.9 Å². The Morgan fingerprint density at radius 2 is 1.71 bits per heavy atom. The van der Waals surface area contributed by atoms with E-state index in [1.807, 2.05) is 6.07 Å². The molecule has 4 rings (SSSR count). The van der Waals surface area contributed by atoms with E-state index in [2.05, 4.69) is 0 Å². The number of benzene rings is 2. The largest absolute Gasteiger partial charge is 0.462 e. The monoisotopic (exact) mass is 475 g/mol. The first-order valence-corrected chi connectivity index (χ1v) is 10.9. The lowest BCUT2D eigenvalue weighted by Gasteiger charge is -2.15. The first kappa shape index (κ1) is 22.7. The first-order valence-electron chi connectivity index (χ1n) is 10.1. The van der Waals surface area contributed by atoms with Crippen LogP contribution in [0, 0.1) is 11.3 Å². The summed E-state index contributed by atoms with van der Waals surface area (Å²) in [5.74, 6) is -2.42. The van der Waals surface area contributed by atoms with Crippen molar-refractivity contribution in [1.29, 1.82) is 5.26 Å². The molecule has 2 aromatic carbocycles. The highest BCUT2D eigenvalue weighted by Crippen LogP contribution is 2.32. The van der Waals surface area contributed by atoms with Crippen molar-refractivity contribution in [3.05, 3.63) is 81.2 Å². The minimum atomic E-state index is -0.776. The molecule has 0 fully saturated rings. The van der Waals surface area contributed by atoms with Crippen molar-refractivity contribution >= 4 is 45.8 Å². The van der Waals surface area contributed by atoms with E-state index in [0.717, 1.165) is 16.2 Å². The zero-order valence-corrected chi connectivity index (χ0v) is 18.7. The van der Waals surface area contributed by atoms with Gasteiger partial charge in [-0.1, -0.05) is 18.2 Å². The maximum absolute atomic E-state index is 12.7. The maximum atomic E-state index is 12.7. The van der Waals surface area contributed by atoms with Gasteiger partial charge in [-0.15, -0.1) is 11.3 Å². The van der Waals surface area contributed by atoms with Crippen LogP contribution in [0.2, 0.25) is 0 Å². The minimum absolute atomic E-state index is 0.0422. The molecule has 2 N–H and O–H groups in total. The van der Waals surface area contributed by atoms with Crippen LogP contribution in [0.3, 0.4) is 0 Å². The zero-order chi connectivity index (χ0) is 24.4. The third kappa shape index (κ3) is 3.89. The summed E-state index contributed by atoms with van der Waals surface area (Å²) in [6.45, 7) is 1.38. The summed E-state index contributed by atoms with van der Waals surface area (Å²) < 4.78 is 10.3. The van der Waals surface area contributed by atoms with Gasteiger partial charge < -0.3 is 15.2 Å². The van der Waals surface area contributed by atoms with Gasteiger partial charge in [-0.05, 0) is 37.3 Å². The van der Waals surface area contributed by atoms with E-state index in [-0.39, 0.29) is 56.6 Å². The van der Waals surface area contributed by atoms with Crippen LogP contribution in [0.25, 0.3) is 0 Å². The van der Waals surface area contributed by atoms with E-state index < -0.39 is 23.8 Å². The summed E-state index contributed by atoms with van der Waals surface area (Å²) in [7, 11) is 0. The average molecular weight is 475 g/mol. The van der Waals surface area contributed by atoms with Crippen molar-refractivity contribution in [2.24, 2.45) is 0 Å². The SMILES string of the molecule is CCOC(=O)c1sc(N)c(C#N)c1COC(=O)c1cccc(N2C(=O)c3ccccc3C2=O)c1. The number of hydrogen-bond acceptors (Lipinski definition) is 9. The molecule has 0 unspecified atom stereocenters. The van der Waals surface area contributed by atoms with Crippen molar-refractivity contribution in [2.45, 2.75) is 13.5 Å². The average Bonchev–Trinajstić information content (AvgIpc) is 3.30. The highest BCUT2D eigenvalue weighted by Gasteiger charge is 2.36. The van der Waals surface area contributed by atoms with Gasteiger partial charge in [0.25, 0.3) is 11.8 Å². The van der Waals surface area contributed by atoms with Crippen LogP contribution in [0.5, 0.6) is 0 Å². The Balaban J connectivity index is 1.56. The van der Waals surface area contributed by atoms with Crippen molar-refractivity contribution in [3.63, 3.8) is 0 Å². The molecule has 0 bridgehead atoms. The number of esters is 2. The molecular formula is C24H17N3O6S. The van der Waals surface area contributed by atoms with Crippen molar-refractivity contribution in [1.82, 2.24) is 0 Å². The lowest BCUT2D eigenvalue weighted by molar-refractivity contribution is 0.0452. The molecule has 1 aromatic heterocycles. The molecule has 9 nitrogen and oxygen atoms in total. The third-order valence-corrected chi connectivity index (χ3v) is 6.13. The number of ether oxygens (including phenoxy) is 2. The van der Waals surface area contributed by atoms with E-state index in [4.69, 9.17) is 15.2 Å². The second-order valence-corrected chi connectivity index (χ2v) is 8.15. The number of nitrogens with zero attached hydrogens (tertiary/aromatic N) is 2. The standard InChI is InChI=1S/C24H17N3O6S/c1-2-32-24(31)19-18(17(11-25)20(26)34-19)12-33-23(30)13-6-5-7-14(10-13)27-21(28)15-8-3-4-9-16(15)22(27)29/h3-10H,2,12,26H2,1H3. The number of amides is 2. The number of imide groups is 1. The smallest absolute Gasteiger partial charge is 0.348 e. The summed E-state index contributed by atoms with van der Waals surface area (Å²) in [5.41, 5.74) is 6.89. The van der Waals surface area contributed by atoms with Crippen molar-refractivity contribution in [2.75, 3.05) is 17.2 Å². The Labute approximate surface area is 197 Å². The van der Waals surface area contributed by atoms with Crippen LogP contribution in [0.1, 0.15) is 58.8 Å². The van der Waals surface area contributed by atoms with Crippen molar-refractivity contribution < 1.29 is 28.7 Å². The Kier molecular flexibility index (Phi) is 6.12. The van der Waals surface area contributed by atoms with Gasteiger partial charge in [0.05, 0.1) is 34.5 Å². The number of fused-ring (bicyclic) bond motifs is 1. The predicted octanol–water partition coefficient (Wildman–Crippen LogP) is 3.54. The Morgan fingerprint density at radius 1 is 1.03 bits per heavy atom. The van der Waals surface area contributed by atoms with Crippen LogP contribution >= 0.6 is 11.3 Å². The molecular weight excluding hydrogens is 458 g/mol. The van der Waals surface area contributed by atoms with Gasteiger partial charge in [0.2, 0.25) is 0 Å². The summed E-state index contributed by atoms with van der Waals surface area (Å²) in [4.78, 5) is 51.5. The number of nitriles is 1. The molecule has 0 atom stereocenters. The lowest BCUT2D eigenvalue weighted by Crippen LogP contribution is -2.29. The molecule has 2 amide bonds. The molecule has 0 spiro atoms. The number of rotatable bonds is 6. The molecule has 170 valence electrons. The summed E-state index contributed by atoms with van der Waals surface area (Å²) in [5, 5.41) is 9.52. The minimum Gasteiger partial charge on any atom is -0.462 e. The molecule has 0 saturated heterocycles. The van der Waals surface area contributed by atoms with Crippen LogP contribution in [0.15, 0.2) is 48.5 Å². The number of anilines is 2. The lowest BCUT2D eigenvalue weighted by atomic mass is 10.1. The fourth-order valence-electron chi connectivity index (χ4n) is 3.52. The molecule has 1 aliphatic heterocycles.